The topological polar surface area (TPSA) is 58.2 Å². The van der Waals surface area contributed by atoms with Crippen molar-refractivity contribution in [3.8, 4) is 0 Å². The molecule has 1 aromatic rings. The molecular weight excluding hydrogens is 328 g/mol. The molecule has 1 unspecified atom stereocenters. The fourth-order valence-corrected chi connectivity index (χ4v) is 4.10. The molecule has 0 aliphatic carbocycles. The standard InChI is InChI=1S/C13H19BrN2O2S/c1-10-8-12(14)2-3-13(10)19(17,18)16-7-5-11-4-6-15-9-11/h2-3,8,11,15-16H,4-7,9H2,1H3. The van der Waals surface area contributed by atoms with Crippen LogP contribution in [-0.4, -0.2) is 28.1 Å². The monoisotopic (exact) mass is 346 g/mol. The molecule has 2 rings (SSSR count). The predicted molar refractivity (Wildman–Crippen MR) is 79.7 cm³/mol. The van der Waals surface area contributed by atoms with Crippen LogP contribution in [0.5, 0.6) is 0 Å². The molecule has 0 bridgehead atoms. The van der Waals surface area contributed by atoms with E-state index in [1.165, 1.54) is 0 Å². The minimum absolute atomic E-state index is 0.361. The van der Waals surface area contributed by atoms with Gasteiger partial charge in [-0.2, -0.15) is 0 Å². The summed E-state index contributed by atoms with van der Waals surface area (Å²) in [7, 11) is -3.39. The summed E-state index contributed by atoms with van der Waals surface area (Å²) in [5.74, 6) is 0.591. The first-order valence-electron chi connectivity index (χ1n) is 6.45. The predicted octanol–water partition coefficient (Wildman–Crippen LogP) is 2.04. The molecule has 0 aromatic heterocycles. The molecule has 1 fully saturated rings. The van der Waals surface area contributed by atoms with E-state index in [1.54, 1.807) is 19.1 Å². The Kier molecular flexibility index (Phi) is 5.00. The Morgan fingerprint density at radius 1 is 1.47 bits per heavy atom. The van der Waals surface area contributed by atoms with Crippen molar-refractivity contribution in [2.24, 2.45) is 5.92 Å². The summed E-state index contributed by atoms with van der Waals surface area (Å²) in [5, 5.41) is 3.28. The Morgan fingerprint density at radius 3 is 2.89 bits per heavy atom. The van der Waals surface area contributed by atoms with Crippen LogP contribution in [0.4, 0.5) is 0 Å². The number of benzene rings is 1. The van der Waals surface area contributed by atoms with Crippen LogP contribution >= 0.6 is 15.9 Å². The SMILES string of the molecule is Cc1cc(Br)ccc1S(=O)(=O)NCCC1CCNC1. The van der Waals surface area contributed by atoms with Gasteiger partial charge in [-0.3, -0.25) is 0 Å². The van der Waals surface area contributed by atoms with Crippen molar-refractivity contribution in [2.75, 3.05) is 19.6 Å². The Hall–Kier alpha value is -0.430. The van der Waals surface area contributed by atoms with Crippen LogP contribution in [0.2, 0.25) is 0 Å². The first kappa shape index (κ1) is 15.0. The third-order valence-corrected chi connectivity index (χ3v) is 5.55. The van der Waals surface area contributed by atoms with Crippen LogP contribution in [0, 0.1) is 12.8 Å². The maximum Gasteiger partial charge on any atom is 0.240 e. The highest BCUT2D eigenvalue weighted by atomic mass is 79.9. The van der Waals surface area contributed by atoms with Crippen molar-refractivity contribution in [3.05, 3.63) is 28.2 Å². The Labute approximate surface area is 123 Å². The molecule has 0 saturated carbocycles. The minimum Gasteiger partial charge on any atom is -0.316 e. The van der Waals surface area contributed by atoms with Gasteiger partial charge >= 0.3 is 0 Å². The first-order valence-corrected chi connectivity index (χ1v) is 8.73. The summed E-state index contributed by atoms with van der Waals surface area (Å²) in [4.78, 5) is 0.361. The Bertz CT molecular complexity index is 540. The average molecular weight is 347 g/mol. The van der Waals surface area contributed by atoms with E-state index in [0.29, 0.717) is 17.4 Å². The molecule has 2 N–H and O–H groups in total. The molecule has 1 saturated heterocycles. The fraction of sp³-hybridized carbons (Fsp3) is 0.538. The van der Waals surface area contributed by atoms with Gasteiger partial charge < -0.3 is 5.32 Å². The summed E-state index contributed by atoms with van der Waals surface area (Å²) in [6, 6.07) is 5.21. The van der Waals surface area contributed by atoms with Gasteiger partial charge in [-0.1, -0.05) is 15.9 Å². The van der Waals surface area contributed by atoms with E-state index in [4.69, 9.17) is 0 Å². The maximum atomic E-state index is 12.2. The molecule has 0 radical (unpaired) electrons. The molecule has 1 atom stereocenters. The highest BCUT2D eigenvalue weighted by molar-refractivity contribution is 9.10. The van der Waals surface area contributed by atoms with E-state index in [0.717, 1.165) is 36.0 Å². The third-order valence-electron chi connectivity index (χ3n) is 3.43. The van der Waals surface area contributed by atoms with Gasteiger partial charge in [0.05, 0.1) is 4.90 Å². The average Bonchev–Trinajstić information content (AvgIpc) is 2.81. The molecular formula is C13H19BrN2O2S. The number of aryl methyl sites for hydroxylation is 1. The van der Waals surface area contributed by atoms with E-state index in [9.17, 15) is 8.42 Å². The van der Waals surface area contributed by atoms with Crippen LogP contribution in [0.3, 0.4) is 0 Å². The lowest BCUT2D eigenvalue weighted by Gasteiger charge is -2.11. The summed E-state index contributed by atoms with van der Waals surface area (Å²) >= 11 is 3.34. The largest absolute Gasteiger partial charge is 0.316 e. The molecule has 1 aliphatic rings. The molecule has 6 heteroatoms. The first-order chi connectivity index (χ1) is 8.99. The Morgan fingerprint density at radius 2 is 2.26 bits per heavy atom. The van der Waals surface area contributed by atoms with Crippen molar-refractivity contribution in [2.45, 2.75) is 24.7 Å². The van der Waals surface area contributed by atoms with Gasteiger partial charge in [-0.05, 0) is 62.5 Å². The van der Waals surface area contributed by atoms with Crippen molar-refractivity contribution in [1.82, 2.24) is 10.0 Å². The molecule has 0 spiro atoms. The van der Waals surface area contributed by atoms with E-state index in [1.807, 2.05) is 6.07 Å². The van der Waals surface area contributed by atoms with Crippen LogP contribution in [0.1, 0.15) is 18.4 Å². The van der Waals surface area contributed by atoms with Gasteiger partial charge in [0.15, 0.2) is 0 Å². The minimum atomic E-state index is -3.39. The zero-order valence-corrected chi connectivity index (χ0v) is 13.4. The van der Waals surface area contributed by atoms with Gasteiger partial charge in [0.1, 0.15) is 0 Å². The summed E-state index contributed by atoms with van der Waals surface area (Å²) in [6.45, 7) is 4.35. The van der Waals surface area contributed by atoms with Crippen LogP contribution in [-0.2, 0) is 10.0 Å². The zero-order valence-electron chi connectivity index (χ0n) is 10.9. The number of hydrogen-bond donors (Lipinski definition) is 2. The Balaban J connectivity index is 1.97. The second-order valence-electron chi connectivity index (χ2n) is 4.96. The number of rotatable bonds is 5. The van der Waals surface area contributed by atoms with Crippen molar-refractivity contribution in [3.63, 3.8) is 0 Å². The van der Waals surface area contributed by atoms with Gasteiger partial charge in [-0.25, -0.2) is 13.1 Å². The lowest BCUT2D eigenvalue weighted by atomic mass is 10.1. The highest BCUT2D eigenvalue weighted by Gasteiger charge is 2.18. The van der Waals surface area contributed by atoms with Gasteiger partial charge in [0.25, 0.3) is 0 Å². The molecule has 19 heavy (non-hydrogen) atoms. The second-order valence-corrected chi connectivity index (χ2v) is 7.61. The maximum absolute atomic E-state index is 12.2. The second kappa shape index (κ2) is 6.35. The fourth-order valence-electron chi connectivity index (χ4n) is 2.35. The lowest BCUT2D eigenvalue weighted by Crippen LogP contribution is -2.27. The number of halogens is 1. The number of nitrogens with one attached hydrogen (secondary N) is 2. The number of sulfonamides is 1. The molecule has 106 valence electrons. The normalized spacial score (nSPS) is 19.8. The number of hydrogen-bond acceptors (Lipinski definition) is 3. The highest BCUT2D eigenvalue weighted by Crippen LogP contribution is 2.20. The van der Waals surface area contributed by atoms with E-state index in [2.05, 4.69) is 26.0 Å². The van der Waals surface area contributed by atoms with Crippen LogP contribution < -0.4 is 10.0 Å². The lowest BCUT2D eigenvalue weighted by molar-refractivity contribution is 0.519. The van der Waals surface area contributed by atoms with Crippen molar-refractivity contribution >= 4 is 26.0 Å². The summed E-state index contributed by atoms with van der Waals surface area (Å²) in [5.41, 5.74) is 0.754. The smallest absolute Gasteiger partial charge is 0.240 e. The van der Waals surface area contributed by atoms with Gasteiger partial charge in [0.2, 0.25) is 10.0 Å². The van der Waals surface area contributed by atoms with Gasteiger partial charge in [-0.15, -0.1) is 0 Å². The van der Waals surface area contributed by atoms with E-state index in [-0.39, 0.29) is 0 Å². The molecule has 0 amide bonds. The third kappa shape index (κ3) is 4.02. The van der Waals surface area contributed by atoms with E-state index < -0.39 is 10.0 Å². The van der Waals surface area contributed by atoms with Crippen molar-refractivity contribution < 1.29 is 8.42 Å². The zero-order chi connectivity index (χ0) is 13.9. The van der Waals surface area contributed by atoms with E-state index >= 15 is 0 Å². The van der Waals surface area contributed by atoms with Crippen LogP contribution in [0.15, 0.2) is 27.6 Å². The quantitative estimate of drug-likeness (QED) is 0.857. The molecule has 1 aliphatic heterocycles. The summed E-state index contributed by atoms with van der Waals surface area (Å²) in [6.07, 6.45) is 2.03. The summed E-state index contributed by atoms with van der Waals surface area (Å²) < 4.78 is 28.0. The van der Waals surface area contributed by atoms with Gasteiger partial charge in [0, 0.05) is 11.0 Å². The molecule has 1 heterocycles. The van der Waals surface area contributed by atoms with Crippen LogP contribution in [0.25, 0.3) is 0 Å². The molecule has 4 nitrogen and oxygen atoms in total. The van der Waals surface area contributed by atoms with Crippen molar-refractivity contribution in [1.29, 1.82) is 0 Å². The molecule has 1 aromatic carbocycles.